The maximum absolute atomic E-state index is 14.8. The van der Waals surface area contributed by atoms with E-state index in [1.807, 2.05) is 6.92 Å². The van der Waals surface area contributed by atoms with Crippen LogP contribution in [-0.4, -0.2) is 83.6 Å². The Kier molecular flexibility index (Phi) is 12.8. The first-order valence-corrected chi connectivity index (χ1v) is 25.4. The van der Waals surface area contributed by atoms with Crippen LogP contribution in [0.2, 0.25) is 0 Å². The number of nitrogens with one attached hydrogen (secondary N) is 3. The number of nitrogens with zero attached hydrogens (tertiary/aromatic N) is 4. The Morgan fingerprint density at radius 3 is 2.48 bits per heavy atom. The highest BCUT2D eigenvalue weighted by molar-refractivity contribution is 7.90. The zero-order valence-electron chi connectivity index (χ0n) is 38.8. The molecule has 9 rings (SSSR count). The molecule has 0 unspecified atom stereocenters. The van der Waals surface area contributed by atoms with Crippen molar-refractivity contribution in [3.05, 3.63) is 111 Å². The number of piperidine rings is 1. The second-order valence-electron chi connectivity index (χ2n) is 20.1. The van der Waals surface area contributed by atoms with Crippen LogP contribution < -0.4 is 19.7 Å². The van der Waals surface area contributed by atoms with Gasteiger partial charge in [0.1, 0.15) is 28.7 Å². The number of hydrogen-bond donors (Lipinski definition) is 4. The van der Waals surface area contributed by atoms with Crippen molar-refractivity contribution in [2.75, 3.05) is 42.9 Å². The van der Waals surface area contributed by atoms with E-state index < -0.39 is 42.9 Å². The van der Waals surface area contributed by atoms with E-state index in [1.54, 1.807) is 19.1 Å². The van der Waals surface area contributed by atoms with Crippen molar-refractivity contribution in [2.24, 2.45) is 11.3 Å². The fourth-order valence-corrected chi connectivity index (χ4v) is 12.2. The average molecular weight is 936 g/mol. The second-order valence-corrected chi connectivity index (χ2v) is 21.8. The highest BCUT2D eigenvalue weighted by atomic mass is 32.2. The molecule has 356 valence electrons. The SMILES string of the molecule is CCc1nc2[nH]cc(F)c2cc1Oc1cc(N2CCC3(CC2)CN([C@H]2CCC[C@H]2c2ccccc2C(C)C)C3)ccc1C(=O)NS(=O)(=O)c1ccc(NC[C@H]2CC[C@](C)(O)CC2)c([N+](=O)[O-])c1. The zero-order chi connectivity index (χ0) is 47.3. The molecular weight excluding hydrogens is 874 g/mol. The lowest BCUT2D eigenvalue weighted by Crippen LogP contribution is -2.63. The average Bonchev–Trinajstić information content (AvgIpc) is 3.93. The van der Waals surface area contributed by atoms with Crippen molar-refractivity contribution < 1.29 is 32.4 Å². The maximum Gasteiger partial charge on any atom is 0.293 e. The van der Waals surface area contributed by atoms with Gasteiger partial charge in [-0.15, -0.1) is 0 Å². The number of fused-ring (bicyclic) bond motifs is 1. The van der Waals surface area contributed by atoms with Gasteiger partial charge >= 0.3 is 0 Å². The smallest absolute Gasteiger partial charge is 0.293 e. The molecule has 4 N–H and O–H groups in total. The molecule has 2 saturated heterocycles. The molecule has 4 fully saturated rings. The minimum atomic E-state index is -4.63. The van der Waals surface area contributed by atoms with Gasteiger partial charge in [-0.3, -0.25) is 19.8 Å². The highest BCUT2D eigenvalue weighted by Gasteiger charge is 2.49. The number of hydrogen-bond acceptors (Lipinski definition) is 11. The van der Waals surface area contributed by atoms with E-state index in [1.165, 1.54) is 60.9 Å². The summed E-state index contributed by atoms with van der Waals surface area (Å²) in [5, 5.41) is 25.8. The van der Waals surface area contributed by atoms with Crippen molar-refractivity contribution in [1.82, 2.24) is 19.6 Å². The monoisotopic (exact) mass is 935 g/mol. The summed E-state index contributed by atoms with van der Waals surface area (Å²) >= 11 is 0. The third-order valence-electron chi connectivity index (χ3n) is 15.1. The Morgan fingerprint density at radius 1 is 1.01 bits per heavy atom. The number of nitro groups is 1. The Bertz CT molecular complexity index is 2770. The number of carbonyl (C=O) groups is 1. The first kappa shape index (κ1) is 46.5. The quantitative estimate of drug-likeness (QED) is 0.0614. The van der Waals surface area contributed by atoms with E-state index in [4.69, 9.17) is 4.74 Å². The molecule has 0 radical (unpaired) electrons. The molecule has 5 aromatic rings. The van der Waals surface area contributed by atoms with Crippen LogP contribution in [0.15, 0.2) is 77.8 Å². The number of anilines is 2. The number of likely N-dealkylation sites (tertiary alicyclic amines) is 1. The maximum atomic E-state index is 14.8. The van der Waals surface area contributed by atoms with Gasteiger partial charge in [-0.2, -0.15) is 0 Å². The van der Waals surface area contributed by atoms with Crippen molar-refractivity contribution in [3.8, 4) is 11.5 Å². The summed E-state index contributed by atoms with van der Waals surface area (Å²) in [4.78, 5) is 37.6. The predicted octanol–water partition coefficient (Wildman–Crippen LogP) is 9.80. The van der Waals surface area contributed by atoms with Crippen LogP contribution in [-0.2, 0) is 16.4 Å². The summed E-state index contributed by atoms with van der Waals surface area (Å²) in [7, 11) is -4.63. The van der Waals surface area contributed by atoms with Crippen molar-refractivity contribution in [3.63, 3.8) is 0 Å². The molecule has 16 heteroatoms. The van der Waals surface area contributed by atoms with Gasteiger partial charge in [-0.05, 0) is 129 Å². The Balaban J connectivity index is 0.927. The number of amides is 1. The predicted molar refractivity (Wildman–Crippen MR) is 257 cm³/mol. The van der Waals surface area contributed by atoms with Gasteiger partial charge in [0.25, 0.3) is 21.6 Å². The van der Waals surface area contributed by atoms with Gasteiger partial charge in [0, 0.05) is 62.8 Å². The van der Waals surface area contributed by atoms with Gasteiger partial charge in [0.2, 0.25) is 0 Å². The molecule has 1 spiro atoms. The Hall–Kier alpha value is -5.58. The van der Waals surface area contributed by atoms with E-state index in [0.29, 0.717) is 55.0 Å². The van der Waals surface area contributed by atoms with Gasteiger partial charge in [-0.25, -0.2) is 22.5 Å². The van der Waals surface area contributed by atoms with Crippen LogP contribution in [0.4, 0.5) is 21.5 Å². The number of aromatic nitrogens is 2. The zero-order valence-corrected chi connectivity index (χ0v) is 39.6. The largest absolute Gasteiger partial charge is 0.455 e. The van der Waals surface area contributed by atoms with Crippen molar-refractivity contribution in [1.29, 1.82) is 0 Å². The number of sulfonamides is 1. The molecular formula is C51H62FN7O7S. The van der Waals surface area contributed by atoms with Crippen LogP contribution in [0.25, 0.3) is 11.0 Å². The Morgan fingerprint density at radius 2 is 1.76 bits per heavy atom. The van der Waals surface area contributed by atoms with E-state index in [9.17, 15) is 32.8 Å². The van der Waals surface area contributed by atoms with Crippen molar-refractivity contribution >= 4 is 44.0 Å². The molecule has 4 heterocycles. The lowest BCUT2D eigenvalue weighted by atomic mass is 9.70. The molecule has 2 atom stereocenters. The molecule has 2 saturated carbocycles. The number of rotatable bonds is 14. The number of benzene rings is 3. The van der Waals surface area contributed by atoms with Crippen molar-refractivity contribution in [2.45, 2.75) is 120 Å². The number of H-pyrrole nitrogens is 1. The number of halogens is 1. The van der Waals surface area contributed by atoms with Crippen LogP contribution in [0.1, 0.15) is 124 Å². The first-order valence-electron chi connectivity index (χ1n) is 23.9. The number of carbonyl (C=O) groups excluding carboxylic acids is 1. The van der Waals surface area contributed by atoms with Crippen LogP contribution in [0, 0.1) is 27.3 Å². The molecule has 0 bridgehead atoms. The summed E-state index contributed by atoms with van der Waals surface area (Å²) in [5.41, 5.74) is 3.72. The van der Waals surface area contributed by atoms with E-state index in [-0.39, 0.29) is 39.5 Å². The molecule has 4 aliphatic rings. The van der Waals surface area contributed by atoms with Crippen LogP contribution in [0.5, 0.6) is 11.5 Å². The molecule has 3 aromatic carbocycles. The van der Waals surface area contributed by atoms with E-state index in [0.717, 1.165) is 63.6 Å². The van der Waals surface area contributed by atoms with Gasteiger partial charge in [0.05, 0.1) is 32.1 Å². The van der Waals surface area contributed by atoms with Crippen LogP contribution in [0.3, 0.4) is 0 Å². The minimum Gasteiger partial charge on any atom is -0.455 e. The number of aryl methyl sites for hydroxylation is 1. The van der Waals surface area contributed by atoms with E-state index >= 15 is 0 Å². The lowest BCUT2D eigenvalue weighted by Gasteiger charge is -2.57. The lowest BCUT2D eigenvalue weighted by molar-refractivity contribution is -0.384. The Labute approximate surface area is 391 Å². The van der Waals surface area contributed by atoms with E-state index in [2.05, 4.69) is 67.9 Å². The summed E-state index contributed by atoms with van der Waals surface area (Å²) < 4.78 is 51.1. The molecule has 2 aliphatic heterocycles. The first-order chi connectivity index (χ1) is 32.0. The molecule has 14 nitrogen and oxygen atoms in total. The van der Waals surface area contributed by atoms with Gasteiger partial charge < -0.3 is 25.0 Å². The summed E-state index contributed by atoms with van der Waals surface area (Å²) in [5.74, 6) is -0.0350. The number of pyridine rings is 1. The summed E-state index contributed by atoms with van der Waals surface area (Å²) in [6.07, 6.45) is 10.1. The molecule has 2 aliphatic carbocycles. The number of aromatic amines is 1. The molecule has 1 amide bonds. The minimum absolute atomic E-state index is 0.0517. The fraction of sp³-hybridized carbons (Fsp3) is 0.490. The topological polar surface area (TPSA) is 183 Å². The van der Waals surface area contributed by atoms with Gasteiger partial charge in [0.15, 0.2) is 0 Å². The fourth-order valence-electron chi connectivity index (χ4n) is 11.2. The number of aliphatic hydroxyl groups is 1. The summed E-state index contributed by atoms with van der Waals surface area (Å²) in [6, 6.07) is 19.6. The third-order valence-corrected chi connectivity index (χ3v) is 16.4. The number of ether oxygens (including phenoxy) is 1. The highest BCUT2D eigenvalue weighted by Crippen LogP contribution is 2.49. The normalized spacial score (nSPS) is 23.1. The third kappa shape index (κ3) is 9.62. The molecule has 2 aromatic heterocycles. The second kappa shape index (κ2) is 18.5. The number of nitro benzene ring substituents is 1. The summed E-state index contributed by atoms with van der Waals surface area (Å²) in [6.45, 7) is 12.4. The molecule has 67 heavy (non-hydrogen) atoms. The van der Waals surface area contributed by atoms with Crippen LogP contribution >= 0.6 is 0 Å². The standard InChI is InChI=1S/C51H62FN7O7S/c1-5-42-47(27-40-41(52)29-54-48(40)55-42)66-46-25-34(57-23-21-51(22-24-57)30-58(31-51)44-12-8-11-38(44)37-10-7-6-9-36(37)32(2)3)13-15-39(46)49(60)56-67(64,65)35-14-16-43(45(26-35)59(62)63)53-28-33-17-19-50(4,61)20-18-33/h6-7,9-10,13-16,25-27,29,32-33,38,44,53,61H,5,8,11-12,17-24,28,30-31H2,1-4H3,(H,54,55)(H,56,60)/t33-,38-,44-,50-/m0/s1. The van der Waals surface area contributed by atoms with Gasteiger partial charge in [-0.1, -0.05) is 51.5 Å².